The molecular weight excluding hydrogens is 336 g/mol. The molecule has 0 spiro atoms. The van der Waals surface area contributed by atoms with Gasteiger partial charge >= 0.3 is 0 Å². The minimum atomic E-state index is 0.0625. The lowest BCUT2D eigenvalue weighted by Gasteiger charge is -2.36. The summed E-state index contributed by atoms with van der Waals surface area (Å²) in [6.45, 7) is 12.0. The molecule has 3 rings (SSSR count). The number of ether oxygens (including phenoxy) is 1. The maximum absolute atomic E-state index is 12.7. The van der Waals surface area contributed by atoms with E-state index in [9.17, 15) is 4.79 Å². The summed E-state index contributed by atoms with van der Waals surface area (Å²) >= 11 is 0. The molecule has 1 aromatic rings. The van der Waals surface area contributed by atoms with Gasteiger partial charge in [0.2, 0.25) is 5.91 Å². The Balaban J connectivity index is 1.50. The Bertz CT molecular complexity index is 602. The summed E-state index contributed by atoms with van der Waals surface area (Å²) in [4.78, 5) is 17.4. The van der Waals surface area contributed by atoms with E-state index >= 15 is 0 Å². The maximum Gasteiger partial charge on any atom is 0.225 e. The molecule has 0 radical (unpaired) electrons. The lowest BCUT2D eigenvalue weighted by Crippen LogP contribution is -2.45. The second kappa shape index (κ2) is 9.70. The molecule has 2 fully saturated rings. The average molecular weight is 373 g/mol. The highest BCUT2D eigenvalue weighted by Crippen LogP contribution is 2.23. The third-order valence-electron chi connectivity index (χ3n) is 6.09. The van der Waals surface area contributed by atoms with Crippen molar-refractivity contribution < 1.29 is 9.53 Å². The maximum atomic E-state index is 12.7. The number of piperidine rings is 1. The van der Waals surface area contributed by atoms with E-state index in [0.717, 1.165) is 52.2 Å². The van der Waals surface area contributed by atoms with Crippen LogP contribution in [0.25, 0.3) is 0 Å². The zero-order chi connectivity index (χ0) is 19.2. The van der Waals surface area contributed by atoms with Crippen LogP contribution < -0.4 is 0 Å². The van der Waals surface area contributed by atoms with E-state index in [4.69, 9.17) is 4.74 Å². The van der Waals surface area contributed by atoms with Gasteiger partial charge in [0.15, 0.2) is 0 Å². The van der Waals surface area contributed by atoms with Crippen LogP contribution >= 0.6 is 0 Å². The van der Waals surface area contributed by atoms with Gasteiger partial charge in [0.1, 0.15) is 0 Å². The molecule has 0 unspecified atom stereocenters. The van der Waals surface area contributed by atoms with Gasteiger partial charge in [0, 0.05) is 32.2 Å². The van der Waals surface area contributed by atoms with Crippen LogP contribution in [-0.4, -0.2) is 54.6 Å². The summed E-state index contributed by atoms with van der Waals surface area (Å²) in [6.07, 6.45) is 4.83. The van der Waals surface area contributed by atoms with E-state index in [1.165, 1.54) is 24.0 Å². The number of rotatable bonds is 7. The van der Waals surface area contributed by atoms with E-state index < -0.39 is 0 Å². The predicted octanol–water partition coefficient (Wildman–Crippen LogP) is 3.87. The van der Waals surface area contributed by atoms with E-state index in [-0.39, 0.29) is 17.9 Å². The molecule has 2 aliphatic heterocycles. The molecular formula is C23H36N2O2. The molecule has 0 N–H and O–H groups in total. The fraction of sp³-hybridized carbons (Fsp3) is 0.696. The summed E-state index contributed by atoms with van der Waals surface area (Å²) in [7, 11) is 0. The molecule has 4 nitrogen and oxygen atoms in total. The third kappa shape index (κ3) is 5.79. The van der Waals surface area contributed by atoms with Crippen molar-refractivity contribution in [3.63, 3.8) is 0 Å². The van der Waals surface area contributed by atoms with Crippen molar-refractivity contribution in [2.75, 3.05) is 32.8 Å². The van der Waals surface area contributed by atoms with Gasteiger partial charge in [0.05, 0.1) is 6.10 Å². The highest BCUT2D eigenvalue weighted by molar-refractivity contribution is 5.78. The molecule has 1 atom stereocenters. The van der Waals surface area contributed by atoms with Crippen molar-refractivity contribution in [3.05, 3.63) is 35.4 Å². The Kier molecular flexibility index (Phi) is 7.31. The smallest absolute Gasteiger partial charge is 0.225 e. The zero-order valence-electron chi connectivity index (χ0n) is 17.3. The van der Waals surface area contributed by atoms with Gasteiger partial charge in [-0.05, 0) is 62.7 Å². The molecule has 2 aliphatic rings. The fourth-order valence-electron chi connectivity index (χ4n) is 4.32. The van der Waals surface area contributed by atoms with Crippen molar-refractivity contribution >= 4 is 5.91 Å². The first-order valence-corrected chi connectivity index (χ1v) is 10.7. The number of aryl methyl sites for hydroxylation is 1. The molecule has 2 saturated heterocycles. The highest BCUT2D eigenvalue weighted by Gasteiger charge is 2.28. The monoisotopic (exact) mass is 372 g/mol. The lowest BCUT2D eigenvalue weighted by atomic mass is 9.94. The van der Waals surface area contributed by atoms with Gasteiger partial charge in [-0.1, -0.05) is 38.1 Å². The van der Waals surface area contributed by atoms with Crippen molar-refractivity contribution in [2.24, 2.45) is 11.8 Å². The Morgan fingerprint density at radius 3 is 2.56 bits per heavy atom. The summed E-state index contributed by atoms with van der Waals surface area (Å²) in [5.41, 5.74) is 2.82. The van der Waals surface area contributed by atoms with Gasteiger partial charge in [-0.2, -0.15) is 0 Å². The lowest BCUT2D eigenvalue weighted by molar-refractivity contribution is -0.137. The number of hydrogen-bond donors (Lipinski definition) is 0. The quantitative estimate of drug-likeness (QED) is 0.728. The minimum Gasteiger partial charge on any atom is -0.376 e. The predicted molar refractivity (Wildman–Crippen MR) is 110 cm³/mol. The molecule has 0 bridgehead atoms. The normalized spacial score (nSPS) is 21.7. The van der Waals surface area contributed by atoms with Crippen LogP contribution in [0.1, 0.15) is 50.7 Å². The third-order valence-corrected chi connectivity index (χ3v) is 6.09. The first-order chi connectivity index (χ1) is 13.0. The molecule has 0 saturated carbocycles. The van der Waals surface area contributed by atoms with Crippen LogP contribution in [0.15, 0.2) is 24.3 Å². The number of carbonyl (C=O) groups excluding carboxylic acids is 1. The van der Waals surface area contributed by atoms with Crippen molar-refractivity contribution in [2.45, 2.75) is 59.1 Å². The zero-order valence-corrected chi connectivity index (χ0v) is 17.3. The van der Waals surface area contributed by atoms with E-state index in [1.807, 2.05) is 13.8 Å². The first-order valence-electron chi connectivity index (χ1n) is 10.7. The highest BCUT2D eigenvalue weighted by atomic mass is 16.5. The van der Waals surface area contributed by atoms with Crippen molar-refractivity contribution in [3.8, 4) is 0 Å². The number of hydrogen-bond acceptors (Lipinski definition) is 3. The van der Waals surface area contributed by atoms with E-state index in [2.05, 4.69) is 41.0 Å². The molecule has 2 heterocycles. The molecule has 27 heavy (non-hydrogen) atoms. The van der Waals surface area contributed by atoms with Gasteiger partial charge in [-0.25, -0.2) is 0 Å². The molecule has 0 aromatic heterocycles. The van der Waals surface area contributed by atoms with Crippen LogP contribution in [0.5, 0.6) is 0 Å². The van der Waals surface area contributed by atoms with Crippen LogP contribution in [0, 0.1) is 18.8 Å². The Morgan fingerprint density at radius 1 is 1.19 bits per heavy atom. The van der Waals surface area contributed by atoms with Crippen LogP contribution in [0.4, 0.5) is 0 Å². The van der Waals surface area contributed by atoms with Gasteiger partial charge in [-0.15, -0.1) is 0 Å². The van der Waals surface area contributed by atoms with Gasteiger partial charge < -0.3 is 9.64 Å². The Hall–Kier alpha value is -1.39. The van der Waals surface area contributed by atoms with E-state index in [0.29, 0.717) is 5.92 Å². The summed E-state index contributed by atoms with van der Waals surface area (Å²) in [5.74, 6) is 0.961. The molecule has 1 aromatic carbocycles. The Labute approximate surface area is 164 Å². The number of amides is 1. The average Bonchev–Trinajstić information content (AvgIpc) is 3.17. The largest absolute Gasteiger partial charge is 0.376 e. The second-order valence-corrected chi connectivity index (χ2v) is 8.68. The fourth-order valence-corrected chi connectivity index (χ4v) is 4.32. The van der Waals surface area contributed by atoms with Gasteiger partial charge in [-0.3, -0.25) is 9.69 Å². The summed E-state index contributed by atoms with van der Waals surface area (Å²) < 4.78 is 5.80. The first kappa shape index (κ1) is 20.3. The van der Waals surface area contributed by atoms with Gasteiger partial charge in [0.25, 0.3) is 0 Å². The summed E-state index contributed by atoms with van der Waals surface area (Å²) in [5, 5.41) is 0. The molecule has 150 valence electrons. The molecule has 4 heteroatoms. The summed E-state index contributed by atoms with van der Waals surface area (Å²) in [6, 6.07) is 8.68. The van der Waals surface area contributed by atoms with Crippen LogP contribution in [0.2, 0.25) is 0 Å². The van der Waals surface area contributed by atoms with Crippen molar-refractivity contribution in [1.29, 1.82) is 0 Å². The number of nitrogens with zero attached hydrogens (tertiary/aromatic N) is 2. The Morgan fingerprint density at radius 2 is 1.93 bits per heavy atom. The minimum absolute atomic E-state index is 0.0625. The standard InChI is InChI=1S/C23H36N2O2/c1-18(2)23(26)25(17-22-9-6-14-27-22)15-20-10-12-24(13-11-20)16-21-8-5-4-7-19(21)3/h4-5,7-8,18,20,22H,6,9-17H2,1-3H3/t22-/m1/s1. The van der Waals surface area contributed by atoms with Crippen molar-refractivity contribution in [1.82, 2.24) is 9.80 Å². The number of benzene rings is 1. The van der Waals surface area contributed by atoms with E-state index in [1.54, 1.807) is 0 Å². The SMILES string of the molecule is Cc1ccccc1CN1CCC(CN(C[C@H]2CCCO2)C(=O)C(C)C)CC1. The van der Waals surface area contributed by atoms with Crippen LogP contribution in [-0.2, 0) is 16.1 Å². The second-order valence-electron chi connectivity index (χ2n) is 8.68. The molecule has 1 amide bonds. The topological polar surface area (TPSA) is 32.8 Å². The molecule has 0 aliphatic carbocycles. The number of likely N-dealkylation sites (tertiary alicyclic amines) is 1. The number of carbonyl (C=O) groups is 1. The van der Waals surface area contributed by atoms with Crippen LogP contribution in [0.3, 0.4) is 0 Å².